The summed E-state index contributed by atoms with van der Waals surface area (Å²) in [6.07, 6.45) is 0.630. The molecule has 3 atom stereocenters. The van der Waals surface area contributed by atoms with E-state index in [9.17, 15) is 5.11 Å². The summed E-state index contributed by atoms with van der Waals surface area (Å²) in [4.78, 5) is 7.87. The van der Waals surface area contributed by atoms with Gasteiger partial charge in [-0.25, -0.2) is 0 Å². The maximum atomic E-state index is 10.6. The highest BCUT2D eigenvalue weighted by Crippen LogP contribution is 2.29. The lowest BCUT2D eigenvalue weighted by molar-refractivity contribution is 0.184. The lowest BCUT2D eigenvalue weighted by atomic mass is 10.1. The number of likely N-dealkylation sites (tertiary alicyclic amines) is 1. The monoisotopic (exact) mass is 564 g/mol. The summed E-state index contributed by atoms with van der Waals surface area (Å²) in [5.41, 5.74) is 1.37. The van der Waals surface area contributed by atoms with Gasteiger partial charge in [0.25, 0.3) is 0 Å². The topological polar surface area (TPSA) is 59.9 Å². The summed E-state index contributed by atoms with van der Waals surface area (Å²) in [6, 6.07) is 21.6. The van der Waals surface area contributed by atoms with Crippen LogP contribution in [0.15, 0.2) is 65.7 Å². The van der Waals surface area contributed by atoms with Crippen molar-refractivity contribution in [2.75, 3.05) is 26.7 Å². The van der Waals surface area contributed by atoms with Crippen LogP contribution in [-0.4, -0.2) is 48.7 Å². The van der Waals surface area contributed by atoms with E-state index < -0.39 is 6.10 Å². The Morgan fingerprint density at radius 2 is 1.91 bits per heavy atom. The van der Waals surface area contributed by atoms with Crippen molar-refractivity contribution in [1.29, 1.82) is 0 Å². The number of hydrogen-bond donors (Lipinski definition) is 3. The molecule has 3 N–H and O–H groups in total. The first kappa shape index (κ1) is 25.0. The Kier molecular flexibility index (Phi) is 9.34. The van der Waals surface area contributed by atoms with Gasteiger partial charge in [0.1, 0.15) is 6.10 Å². The molecule has 0 radical (unpaired) electrons. The lowest BCUT2D eigenvalue weighted by Gasteiger charge is -2.21. The van der Waals surface area contributed by atoms with Crippen molar-refractivity contribution in [1.82, 2.24) is 15.5 Å². The zero-order valence-electron chi connectivity index (χ0n) is 18.7. The van der Waals surface area contributed by atoms with Gasteiger partial charge in [0.05, 0.1) is 0 Å². The Balaban J connectivity index is 0.00000289. The van der Waals surface area contributed by atoms with Gasteiger partial charge in [-0.05, 0) is 42.3 Å². The summed E-state index contributed by atoms with van der Waals surface area (Å²) in [7, 11) is 1.78. The van der Waals surface area contributed by atoms with Crippen molar-refractivity contribution in [2.24, 2.45) is 10.9 Å². The number of thiophene rings is 1. The van der Waals surface area contributed by atoms with Crippen LogP contribution in [0.1, 0.15) is 29.9 Å². The molecule has 0 aliphatic carbocycles. The molecule has 7 heteroatoms. The number of hydrogen-bond acceptors (Lipinski definition) is 4. The van der Waals surface area contributed by atoms with E-state index in [1.165, 1.54) is 22.1 Å². The molecule has 0 amide bonds. The van der Waals surface area contributed by atoms with Crippen LogP contribution in [0.3, 0.4) is 0 Å². The van der Waals surface area contributed by atoms with Crippen LogP contribution in [0.4, 0.5) is 0 Å². The Morgan fingerprint density at radius 1 is 1.16 bits per heavy atom. The Hall–Kier alpha value is -1.68. The standard InChI is InChI=1S/C25H32N4OS.HI/c1-18-12-20(17-29(18)16-19-8-4-3-5-9-19)14-27-25(26-2)28-15-22(30)24-13-21-10-6-7-11-23(21)31-24;/h3-11,13,18,20,22,30H,12,14-17H2,1-2H3,(H2,26,27,28);1H. The van der Waals surface area contributed by atoms with E-state index in [1.54, 1.807) is 18.4 Å². The number of nitrogens with one attached hydrogen (secondary N) is 2. The third-order valence-corrected chi connectivity index (χ3v) is 7.25. The normalized spacial score (nSPS) is 20.2. The van der Waals surface area contributed by atoms with Crippen molar-refractivity contribution in [3.63, 3.8) is 0 Å². The van der Waals surface area contributed by atoms with Crippen LogP contribution >= 0.6 is 35.3 Å². The smallest absolute Gasteiger partial charge is 0.191 e. The van der Waals surface area contributed by atoms with E-state index in [4.69, 9.17) is 0 Å². The molecule has 1 fully saturated rings. The van der Waals surface area contributed by atoms with Gasteiger partial charge in [-0.15, -0.1) is 35.3 Å². The summed E-state index contributed by atoms with van der Waals surface area (Å²) < 4.78 is 1.20. The highest BCUT2D eigenvalue weighted by molar-refractivity contribution is 14.0. The second-order valence-electron chi connectivity index (χ2n) is 8.40. The van der Waals surface area contributed by atoms with Crippen molar-refractivity contribution in [3.05, 3.63) is 71.1 Å². The Labute approximate surface area is 212 Å². The van der Waals surface area contributed by atoms with Gasteiger partial charge in [0.2, 0.25) is 0 Å². The first-order valence-corrected chi connectivity index (χ1v) is 11.8. The average molecular weight is 565 g/mol. The highest BCUT2D eigenvalue weighted by atomic mass is 127. The second-order valence-corrected chi connectivity index (χ2v) is 9.52. The van der Waals surface area contributed by atoms with Crippen LogP contribution in [0.5, 0.6) is 0 Å². The van der Waals surface area contributed by atoms with Gasteiger partial charge in [0.15, 0.2) is 5.96 Å². The first-order valence-electron chi connectivity index (χ1n) is 11.0. The fourth-order valence-corrected chi connectivity index (χ4v) is 5.38. The van der Waals surface area contributed by atoms with Gasteiger partial charge in [-0.2, -0.15) is 0 Å². The molecule has 4 rings (SSSR count). The molecular weight excluding hydrogens is 531 g/mol. The summed E-state index contributed by atoms with van der Waals surface area (Å²) in [5.74, 6) is 1.33. The molecule has 2 heterocycles. The van der Waals surface area contributed by atoms with E-state index in [0.29, 0.717) is 18.5 Å². The number of guanidine groups is 1. The molecule has 0 saturated carbocycles. The van der Waals surface area contributed by atoms with Crippen molar-refractivity contribution >= 4 is 51.4 Å². The summed E-state index contributed by atoms with van der Waals surface area (Å²) in [6.45, 7) is 5.73. The quantitative estimate of drug-likeness (QED) is 0.223. The second kappa shape index (κ2) is 12.0. The number of benzene rings is 2. The number of fused-ring (bicyclic) bond motifs is 1. The van der Waals surface area contributed by atoms with E-state index in [0.717, 1.165) is 30.5 Å². The van der Waals surface area contributed by atoms with Crippen molar-refractivity contribution in [2.45, 2.75) is 32.0 Å². The predicted octanol–water partition coefficient (Wildman–Crippen LogP) is 4.63. The Bertz CT molecular complexity index is 976. The van der Waals surface area contributed by atoms with Crippen LogP contribution < -0.4 is 10.6 Å². The van der Waals surface area contributed by atoms with E-state index in [2.05, 4.69) is 76.0 Å². The zero-order valence-corrected chi connectivity index (χ0v) is 21.8. The van der Waals surface area contributed by atoms with Crippen LogP contribution in [0, 0.1) is 5.92 Å². The van der Waals surface area contributed by atoms with Gasteiger partial charge in [0, 0.05) is 48.8 Å². The molecule has 172 valence electrons. The minimum atomic E-state index is -0.552. The van der Waals surface area contributed by atoms with Gasteiger partial charge < -0.3 is 15.7 Å². The van der Waals surface area contributed by atoms with Gasteiger partial charge >= 0.3 is 0 Å². The molecule has 5 nitrogen and oxygen atoms in total. The van der Waals surface area contributed by atoms with E-state index in [-0.39, 0.29) is 24.0 Å². The number of nitrogens with zero attached hydrogens (tertiary/aromatic N) is 2. The zero-order chi connectivity index (χ0) is 21.6. The van der Waals surface area contributed by atoms with Crippen molar-refractivity contribution < 1.29 is 5.11 Å². The number of aliphatic hydroxyl groups is 1. The first-order chi connectivity index (χ1) is 15.1. The fraction of sp³-hybridized carbons (Fsp3) is 0.400. The van der Waals surface area contributed by atoms with Gasteiger partial charge in [-0.1, -0.05) is 48.5 Å². The minimum absolute atomic E-state index is 0. The lowest BCUT2D eigenvalue weighted by Crippen LogP contribution is -2.41. The highest BCUT2D eigenvalue weighted by Gasteiger charge is 2.28. The molecule has 1 aliphatic heterocycles. The maximum Gasteiger partial charge on any atom is 0.191 e. The number of aliphatic hydroxyl groups excluding tert-OH is 1. The molecular formula is C25H33IN4OS. The molecule has 3 unspecified atom stereocenters. The summed E-state index contributed by atoms with van der Waals surface area (Å²) in [5, 5.41) is 18.5. The molecule has 1 aliphatic rings. The number of rotatable bonds is 7. The van der Waals surface area contributed by atoms with E-state index in [1.807, 2.05) is 12.1 Å². The van der Waals surface area contributed by atoms with Crippen LogP contribution in [0.2, 0.25) is 0 Å². The number of halogens is 1. The molecule has 0 spiro atoms. The third kappa shape index (κ3) is 6.43. The molecule has 1 saturated heterocycles. The minimum Gasteiger partial charge on any atom is -0.386 e. The summed E-state index contributed by atoms with van der Waals surface area (Å²) >= 11 is 1.64. The molecule has 2 aromatic carbocycles. The molecule has 32 heavy (non-hydrogen) atoms. The van der Waals surface area contributed by atoms with Crippen LogP contribution in [-0.2, 0) is 6.54 Å². The fourth-order valence-electron chi connectivity index (χ4n) is 4.33. The SMILES string of the molecule is CN=C(NCC1CC(C)N(Cc2ccccc2)C1)NCC(O)c1cc2ccccc2s1.I. The molecule has 0 bridgehead atoms. The molecule has 3 aromatic rings. The van der Waals surface area contributed by atoms with Gasteiger partial charge in [-0.3, -0.25) is 9.89 Å². The third-order valence-electron chi connectivity index (χ3n) is 6.04. The Morgan fingerprint density at radius 3 is 2.66 bits per heavy atom. The van der Waals surface area contributed by atoms with Crippen molar-refractivity contribution in [3.8, 4) is 0 Å². The van der Waals surface area contributed by atoms with Crippen LogP contribution in [0.25, 0.3) is 10.1 Å². The maximum absolute atomic E-state index is 10.6. The number of aliphatic imine (C=N–C) groups is 1. The molecule has 1 aromatic heterocycles. The van der Waals surface area contributed by atoms with E-state index >= 15 is 0 Å². The average Bonchev–Trinajstić information content (AvgIpc) is 3.38. The predicted molar refractivity (Wildman–Crippen MR) is 146 cm³/mol. The largest absolute Gasteiger partial charge is 0.386 e.